The third-order valence-electron chi connectivity index (χ3n) is 1.96. The van der Waals surface area contributed by atoms with Crippen LogP contribution < -0.4 is 9.47 Å². The molecule has 82 valence electrons. The largest absolute Gasteiger partial charge is 0.495 e. The minimum absolute atomic E-state index is 0.0847. The third kappa shape index (κ3) is 2.86. The van der Waals surface area contributed by atoms with Gasteiger partial charge in [0.25, 0.3) is 0 Å². The van der Waals surface area contributed by atoms with Crippen LogP contribution in [0.2, 0.25) is 5.02 Å². The van der Waals surface area contributed by atoms with Crippen LogP contribution >= 0.6 is 11.6 Å². The van der Waals surface area contributed by atoms with E-state index in [1.165, 1.54) is 21.1 Å². The van der Waals surface area contributed by atoms with Crippen molar-refractivity contribution in [2.24, 2.45) is 0 Å². The molecule has 0 saturated heterocycles. The fourth-order valence-electron chi connectivity index (χ4n) is 1.31. The van der Waals surface area contributed by atoms with Crippen molar-refractivity contribution in [3.05, 3.63) is 22.7 Å². The van der Waals surface area contributed by atoms with E-state index in [9.17, 15) is 4.79 Å². The number of ether oxygens (including phenoxy) is 2. The molecule has 0 atom stereocenters. The molecule has 0 spiro atoms. The quantitative estimate of drug-likeness (QED) is 0.794. The van der Waals surface area contributed by atoms with Gasteiger partial charge in [0.05, 0.1) is 14.2 Å². The average Bonchev–Trinajstić information content (AvgIpc) is 2.19. The first kappa shape index (κ1) is 11.9. The molecule has 0 saturated carbocycles. The summed E-state index contributed by atoms with van der Waals surface area (Å²) in [4.78, 5) is 11.0. The van der Waals surface area contributed by atoms with Crippen LogP contribution in [0.1, 0.15) is 12.5 Å². The number of carbonyl (C=O) groups excluding carboxylic acids is 1. The van der Waals surface area contributed by atoms with Crippen molar-refractivity contribution in [2.75, 3.05) is 14.2 Å². The van der Waals surface area contributed by atoms with Gasteiger partial charge < -0.3 is 9.47 Å². The number of halogens is 1. The highest BCUT2D eigenvalue weighted by Gasteiger charge is 2.10. The van der Waals surface area contributed by atoms with Crippen molar-refractivity contribution in [1.29, 1.82) is 0 Å². The van der Waals surface area contributed by atoms with Crippen molar-refractivity contribution < 1.29 is 14.3 Å². The van der Waals surface area contributed by atoms with Gasteiger partial charge in [-0.1, -0.05) is 11.6 Å². The van der Waals surface area contributed by atoms with E-state index in [1.807, 2.05) is 0 Å². The number of methoxy groups -OCH3 is 2. The molecule has 0 amide bonds. The Labute approximate surface area is 93.9 Å². The number of carbonyl (C=O) groups is 1. The number of Topliss-reactive ketones (excluding diaryl/α,β-unsaturated/α-hetero) is 1. The standard InChI is InChI=1S/C11H13ClO3/c1-7(13)4-8-5-9(14-2)11(12)10(6-8)15-3/h5-6H,4H2,1-3H3. The predicted octanol–water partition coefficient (Wildman–Crippen LogP) is 2.49. The van der Waals surface area contributed by atoms with Crippen LogP contribution in [0.4, 0.5) is 0 Å². The number of hydrogen-bond donors (Lipinski definition) is 0. The molecule has 0 radical (unpaired) electrons. The Balaban J connectivity index is 3.14. The molecule has 0 N–H and O–H groups in total. The zero-order valence-corrected chi connectivity index (χ0v) is 9.72. The normalized spacial score (nSPS) is 9.87. The number of benzene rings is 1. The Kier molecular flexibility index (Phi) is 3.97. The van der Waals surface area contributed by atoms with E-state index in [0.29, 0.717) is 22.9 Å². The van der Waals surface area contributed by atoms with Crippen molar-refractivity contribution in [2.45, 2.75) is 13.3 Å². The second kappa shape index (κ2) is 5.03. The summed E-state index contributed by atoms with van der Waals surface area (Å²) in [5.41, 5.74) is 0.834. The molecule has 0 aliphatic rings. The first-order valence-electron chi connectivity index (χ1n) is 4.48. The van der Waals surface area contributed by atoms with Gasteiger partial charge in [-0.3, -0.25) is 4.79 Å². The summed E-state index contributed by atoms with van der Waals surface area (Å²) >= 11 is 5.98. The van der Waals surface area contributed by atoms with Crippen LogP contribution in [0, 0.1) is 0 Å². The fourth-order valence-corrected chi connectivity index (χ4v) is 1.58. The molecule has 0 aromatic heterocycles. The van der Waals surface area contributed by atoms with Gasteiger partial charge in [0.2, 0.25) is 0 Å². The minimum Gasteiger partial charge on any atom is -0.495 e. The van der Waals surface area contributed by atoms with Gasteiger partial charge in [-0.2, -0.15) is 0 Å². The summed E-state index contributed by atoms with van der Waals surface area (Å²) in [5, 5.41) is 0.423. The molecular weight excluding hydrogens is 216 g/mol. The number of rotatable bonds is 4. The van der Waals surface area contributed by atoms with Crippen molar-refractivity contribution >= 4 is 17.4 Å². The van der Waals surface area contributed by atoms with Crippen LogP contribution in [-0.4, -0.2) is 20.0 Å². The molecule has 0 heterocycles. The van der Waals surface area contributed by atoms with Gasteiger partial charge in [0.1, 0.15) is 22.3 Å². The lowest BCUT2D eigenvalue weighted by Crippen LogP contribution is -1.98. The molecule has 3 nitrogen and oxygen atoms in total. The Morgan fingerprint density at radius 3 is 2.07 bits per heavy atom. The summed E-state index contributed by atoms with van der Waals surface area (Å²) in [5.74, 6) is 1.13. The van der Waals surface area contributed by atoms with E-state index in [1.54, 1.807) is 12.1 Å². The maximum atomic E-state index is 11.0. The van der Waals surface area contributed by atoms with E-state index in [4.69, 9.17) is 21.1 Å². The first-order valence-corrected chi connectivity index (χ1v) is 4.86. The summed E-state index contributed by atoms with van der Waals surface area (Å²) in [6, 6.07) is 3.48. The highest BCUT2D eigenvalue weighted by molar-refractivity contribution is 6.33. The Morgan fingerprint density at radius 1 is 1.27 bits per heavy atom. The smallest absolute Gasteiger partial charge is 0.141 e. The summed E-state index contributed by atoms with van der Waals surface area (Å²) < 4.78 is 10.2. The van der Waals surface area contributed by atoms with Crippen LogP contribution in [0.25, 0.3) is 0 Å². The first-order chi connectivity index (χ1) is 7.08. The molecule has 1 aromatic rings. The molecule has 0 unspecified atom stereocenters. The molecule has 1 aromatic carbocycles. The lowest BCUT2D eigenvalue weighted by Gasteiger charge is -2.10. The van der Waals surface area contributed by atoms with E-state index < -0.39 is 0 Å². The number of hydrogen-bond acceptors (Lipinski definition) is 3. The van der Waals surface area contributed by atoms with Gasteiger partial charge in [-0.15, -0.1) is 0 Å². The van der Waals surface area contributed by atoms with Crippen molar-refractivity contribution in [3.63, 3.8) is 0 Å². The lowest BCUT2D eigenvalue weighted by atomic mass is 10.1. The van der Waals surface area contributed by atoms with E-state index in [0.717, 1.165) is 5.56 Å². The zero-order valence-electron chi connectivity index (χ0n) is 8.96. The van der Waals surface area contributed by atoms with Gasteiger partial charge in [-0.25, -0.2) is 0 Å². The predicted molar refractivity (Wildman–Crippen MR) is 58.9 cm³/mol. The molecule has 15 heavy (non-hydrogen) atoms. The van der Waals surface area contributed by atoms with Crippen molar-refractivity contribution in [1.82, 2.24) is 0 Å². The zero-order chi connectivity index (χ0) is 11.4. The molecule has 0 bridgehead atoms. The Morgan fingerprint density at radius 2 is 1.73 bits per heavy atom. The van der Waals surface area contributed by atoms with E-state index >= 15 is 0 Å². The van der Waals surface area contributed by atoms with Gasteiger partial charge in [0, 0.05) is 6.42 Å². The van der Waals surface area contributed by atoms with Gasteiger partial charge in [-0.05, 0) is 24.6 Å². The highest BCUT2D eigenvalue weighted by atomic mass is 35.5. The summed E-state index contributed by atoms with van der Waals surface area (Å²) in [7, 11) is 3.05. The third-order valence-corrected chi connectivity index (χ3v) is 2.33. The van der Waals surface area contributed by atoms with Gasteiger partial charge >= 0.3 is 0 Å². The topological polar surface area (TPSA) is 35.5 Å². The van der Waals surface area contributed by atoms with Crippen LogP contribution in [0.5, 0.6) is 11.5 Å². The molecular formula is C11H13ClO3. The van der Waals surface area contributed by atoms with E-state index in [2.05, 4.69) is 0 Å². The van der Waals surface area contributed by atoms with Gasteiger partial charge in [0.15, 0.2) is 0 Å². The molecule has 4 heteroatoms. The second-order valence-electron chi connectivity index (χ2n) is 3.19. The molecule has 1 rings (SSSR count). The maximum absolute atomic E-state index is 11.0. The minimum atomic E-state index is 0.0847. The van der Waals surface area contributed by atoms with Crippen LogP contribution in [-0.2, 0) is 11.2 Å². The SMILES string of the molecule is COc1cc(CC(C)=O)cc(OC)c1Cl. The Hall–Kier alpha value is -1.22. The number of ketones is 1. The second-order valence-corrected chi connectivity index (χ2v) is 3.57. The highest BCUT2D eigenvalue weighted by Crippen LogP contribution is 2.35. The Bertz CT molecular complexity index is 349. The average molecular weight is 229 g/mol. The molecule has 0 aliphatic heterocycles. The molecule has 0 fully saturated rings. The van der Waals surface area contributed by atoms with Crippen LogP contribution in [0.3, 0.4) is 0 Å². The van der Waals surface area contributed by atoms with Crippen molar-refractivity contribution in [3.8, 4) is 11.5 Å². The summed E-state index contributed by atoms with van der Waals surface area (Å²) in [6.07, 6.45) is 0.351. The fraction of sp³-hybridized carbons (Fsp3) is 0.364. The monoisotopic (exact) mass is 228 g/mol. The molecule has 0 aliphatic carbocycles. The summed E-state index contributed by atoms with van der Waals surface area (Å²) in [6.45, 7) is 1.54. The van der Waals surface area contributed by atoms with E-state index in [-0.39, 0.29) is 5.78 Å². The lowest BCUT2D eigenvalue weighted by molar-refractivity contribution is -0.116. The van der Waals surface area contributed by atoms with Crippen LogP contribution in [0.15, 0.2) is 12.1 Å². The maximum Gasteiger partial charge on any atom is 0.141 e.